The van der Waals surface area contributed by atoms with Crippen LogP contribution < -0.4 is 0 Å². The smallest absolute Gasteiger partial charge is 0.0702 e. The van der Waals surface area contributed by atoms with E-state index in [0.717, 1.165) is 17.9 Å². The van der Waals surface area contributed by atoms with Crippen LogP contribution in [0.1, 0.15) is 13.3 Å². The van der Waals surface area contributed by atoms with Crippen molar-refractivity contribution in [2.75, 3.05) is 18.1 Å². The molecule has 0 fully saturated rings. The third-order valence-corrected chi connectivity index (χ3v) is 2.15. The largest absolute Gasteiger partial charge is 0.395 e. The minimum Gasteiger partial charge on any atom is -0.395 e. The molecule has 0 spiro atoms. The van der Waals surface area contributed by atoms with E-state index in [9.17, 15) is 0 Å². The van der Waals surface area contributed by atoms with Gasteiger partial charge in [0.2, 0.25) is 0 Å². The highest BCUT2D eigenvalue weighted by atomic mass is 32.2. The normalized spacial score (nSPS) is 12.5. The molecule has 0 heterocycles. The van der Waals surface area contributed by atoms with E-state index in [0.29, 0.717) is 0 Å². The van der Waals surface area contributed by atoms with Gasteiger partial charge in [0.25, 0.3) is 0 Å². The molecule has 0 rings (SSSR count). The lowest BCUT2D eigenvalue weighted by Crippen LogP contribution is -2.03. The van der Waals surface area contributed by atoms with Gasteiger partial charge in [0.15, 0.2) is 0 Å². The Balaban J connectivity index is 3.20. The summed E-state index contributed by atoms with van der Waals surface area (Å²) >= 11 is 1.80. The molecule has 0 saturated heterocycles. The van der Waals surface area contributed by atoms with Crippen molar-refractivity contribution < 1.29 is 5.11 Å². The Labute approximate surface area is 66.2 Å². The molecule has 1 N–H and O–H groups in total. The third-order valence-electron chi connectivity index (χ3n) is 1.22. The average molecular weight is 159 g/mol. The molecule has 0 aromatic rings. The number of hydrogen-bond donors (Lipinski definition) is 1. The highest BCUT2D eigenvalue weighted by Gasteiger charge is 2.03. The summed E-state index contributed by atoms with van der Waals surface area (Å²) < 4.78 is 0. The molecule has 2 nitrogen and oxygen atoms in total. The van der Waals surface area contributed by atoms with E-state index < -0.39 is 0 Å². The molecule has 0 aromatic carbocycles. The second kappa shape index (κ2) is 6.91. The number of hydrogen-bond acceptors (Lipinski definition) is 3. The lowest BCUT2D eigenvalue weighted by Gasteiger charge is -2.02. The summed E-state index contributed by atoms with van der Waals surface area (Å²) in [6.45, 7) is 2.09. The summed E-state index contributed by atoms with van der Waals surface area (Å²) in [7, 11) is 0. The zero-order valence-corrected chi connectivity index (χ0v) is 7.02. The fourth-order valence-electron chi connectivity index (χ4n) is 0.567. The van der Waals surface area contributed by atoms with Crippen molar-refractivity contribution in [2.24, 2.45) is 5.92 Å². The zero-order chi connectivity index (χ0) is 7.82. The summed E-state index contributed by atoms with van der Waals surface area (Å²) in [5, 5.41) is 17.0. The van der Waals surface area contributed by atoms with Crippen molar-refractivity contribution >= 4 is 11.8 Å². The van der Waals surface area contributed by atoms with Crippen LogP contribution >= 0.6 is 11.8 Å². The summed E-state index contributed by atoms with van der Waals surface area (Å²) in [6, 6.07) is 2.05. The van der Waals surface area contributed by atoms with Crippen LogP contribution in [0.15, 0.2) is 0 Å². The van der Waals surface area contributed by atoms with E-state index in [4.69, 9.17) is 10.4 Å². The maximum atomic E-state index is 8.59. The van der Waals surface area contributed by atoms with Crippen LogP contribution in [-0.4, -0.2) is 23.2 Å². The van der Waals surface area contributed by atoms with Gasteiger partial charge in [-0.05, 0) is 17.9 Å². The van der Waals surface area contributed by atoms with Crippen LogP contribution in [0.5, 0.6) is 0 Å². The van der Waals surface area contributed by atoms with Gasteiger partial charge in [-0.2, -0.15) is 17.0 Å². The van der Waals surface area contributed by atoms with E-state index >= 15 is 0 Å². The first-order chi connectivity index (χ1) is 4.85. The van der Waals surface area contributed by atoms with E-state index in [-0.39, 0.29) is 12.5 Å². The molecule has 0 aliphatic rings. The van der Waals surface area contributed by atoms with E-state index in [2.05, 4.69) is 6.92 Å². The topological polar surface area (TPSA) is 44.0 Å². The second-order valence-corrected chi connectivity index (χ2v) is 3.39. The fraction of sp³-hybridized carbons (Fsp3) is 0.857. The van der Waals surface area contributed by atoms with Crippen LogP contribution in [-0.2, 0) is 0 Å². The molecule has 3 heteroatoms. The van der Waals surface area contributed by atoms with Crippen molar-refractivity contribution in [3.8, 4) is 6.07 Å². The van der Waals surface area contributed by atoms with Crippen molar-refractivity contribution in [1.29, 1.82) is 5.26 Å². The van der Waals surface area contributed by atoms with Gasteiger partial charge < -0.3 is 5.11 Å². The minimum atomic E-state index is -0.154. The Morgan fingerprint density at radius 3 is 2.80 bits per heavy atom. The van der Waals surface area contributed by atoms with Gasteiger partial charge in [0.1, 0.15) is 0 Å². The summed E-state index contributed by atoms with van der Waals surface area (Å²) in [6.07, 6.45) is 0.811. The lowest BCUT2D eigenvalue weighted by molar-refractivity contribution is 0.254. The maximum absolute atomic E-state index is 8.59. The Morgan fingerprint density at radius 1 is 1.70 bits per heavy atom. The van der Waals surface area contributed by atoms with Gasteiger partial charge in [0.05, 0.1) is 18.6 Å². The number of aliphatic hydroxyl groups excluding tert-OH is 1. The predicted molar refractivity (Wildman–Crippen MR) is 43.8 cm³/mol. The molecule has 0 radical (unpaired) electrons. The Kier molecular flexibility index (Phi) is 6.78. The van der Waals surface area contributed by atoms with Gasteiger partial charge in [-0.1, -0.05) is 6.92 Å². The third kappa shape index (κ3) is 4.66. The Hall–Kier alpha value is -0.200. The zero-order valence-electron chi connectivity index (χ0n) is 6.21. The molecule has 0 aliphatic heterocycles. The summed E-state index contributed by atoms with van der Waals surface area (Å²) in [5.41, 5.74) is 0. The van der Waals surface area contributed by atoms with Crippen LogP contribution in [0.25, 0.3) is 0 Å². The summed E-state index contributed by atoms with van der Waals surface area (Å²) in [5.74, 6) is 1.91. The van der Waals surface area contributed by atoms with Gasteiger partial charge in [-0.3, -0.25) is 0 Å². The van der Waals surface area contributed by atoms with Gasteiger partial charge in [-0.15, -0.1) is 0 Å². The van der Waals surface area contributed by atoms with Crippen molar-refractivity contribution in [1.82, 2.24) is 0 Å². The van der Waals surface area contributed by atoms with Gasteiger partial charge in [-0.25, -0.2) is 0 Å². The SMILES string of the molecule is CCSCCC(C#N)CO. The van der Waals surface area contributed by atoms with Crippen molar-refractivity contribution in [3.63, 3.8) is 0 Å². The molecule has 1 unspecified atom stereocenters. The van der Waals surface area contributed by atoms with Crippen LogP contribution in [0.3, 0.4) is 0 Å². The first kappa shape index (κ1) is 9.80. The van der Waals surface area contributed by atoms with Gasteiger partial charge in [0, 0.05) is 0 Å². The van der Waals surface area contributed by atoms with Gasteiger partial charge >= 0.3 is 0 Å². The first-order valence-electron chi connectivity index (χ1n) is 3.43. The molecule has 0 saturated carbocycles. The van der Waals surface area contributed by atoms with Crippen molar-refractivity contribution in [2.45, 2.75) is 13.3 Å². The first-order valence-corrected chi connectivity index (χ1v) is 4.58. The molecule has 1 atom stereocenters. The molecule has 0 aromatic heterocycles. The monoisotopic (exact) mass is 159 g/mol. The Bertz CT molecular complexity index is 111. The highest BCUT2D eigenvalue weighted by Crippen LogP contribution is 2.07. The molecule has 58 valence electrons. The maximum Gasteiger partial charge on any atom is 0.0702 e. The highest BCUT2D eigenvalue weighted by molar-refractivity contribution is 7.99. The number of nitrogens with zero attached hydrogens (tertiary/aromatic N) is 1. The second-order valence-electron chi connectivity index (χ2n) is 1.99. The number of nitriles is 1. The van der Waals surface area contributed by atoms with E-state index in [1.807, 2.05) is 6.07 Å². The quantitative estimate of drug-likeness (QED) is 0.614. The predicted octanol–water partition coefficient (Wildman–Crippen LogP) is 1.26. The molecule has 10 heavy (non-hydrogen) atoms. The number of rotatable bonds is 5. The standard InChI is InChI=1S/C7H13NOS/c1-2-10-4-3-7(5-8)6-9/h7,9H,2-4,6H2,1H3. The van der Waals surface area contributed by atoms with Crippen molar-refractivity contribution in [3.05, 3.63) is 0 Å². The van der Waals surface area contributed by atoms with Crippen LogP contribution in [0.4, 0.5) is 0 Å². The lowest BCUT2D eigenvalue weighted by atomic mass is 10.1. The molecular formula is C7H13NOS. The fourth-order valence-corrected chi connectivity index (χ4v) is 1.31. The number of thioether (sulfide) groups is 1. The molecule has 0 bridgehead atoms. The van der Waals surface area contributed by atoms with E-state index in [1.165, 1.54) is 0 Å². The molecular weight excluding hydrogens is 146 g/mol. The van der Waals surface area contributed by atoms with E-state index in [1.54, 1.807) is 11.8 Å². The Morgan fingerprint density at radius 2 is 2.40 bits per heavy atom. The molecule has 0 aliphatic carbocycles. The average Bonchev–Trinajstić information content (AvgIpc) is 1.99. The summed E-state index contributed by atoms with van der Waals surface area (Å²) in [4.78, 5) is 0. The van der Waals surface area contributed by atoms with Crippen LogP contribution in [0.2, 0.25) is 0 Å². The van der Waals surface area contributed by atoms with Crippen LogP contribution in [0, 0.1) is 17.2 Å². The molecule has 0 amide bonds. The minimum absolute atomic E-state index is 0.000768. The number of aliphatic hydroxyl groups is 1.